The molecule has 142 valence electrons. The second-order valence-corrected chi connectivity index (χ2v) is 8.78. The van der Waals surface area contributed by atoms with E-state index in [0.717, 1.165) is 32.5 Å². The summed E-state index contributed by atoms with van der Waals surface area (Å²) in [5.41, 5.74) is 0. The first kappa shape index (κ1) is 21.4. The lowest BCUT2D eigenvalue weighted by Crippen LogP contribution is -2.46. The van der Waals surface area contributed by atoms with Gasteiger partial charge in [0.25, 0.3) is 0 Å². The highest BCUT2D eigenvalue weighted by molar-refractivity contribution is 7.88. The second-order valence-electron chi connectivity index (χ2n) is 6.80. The van der Waals surface area contributed by atoms with E-state index in [1.807, 2.05) is 0 Å². The van der Waals surface area contributed by atoms with E-state index in [4.69, 9.17) is 0 Å². The zero-order valence-electron chi connectivity index (χ0n) is 15.6. The van der Waals surface area contributed by atoms with Crippen LogP contribution in [0.25, 0.3) is 0 Å². The van der Waals surface area contributed by atoms with Crippen molar-refractivity contribution in [3.8, 4) is 0 Å². The van der Waals surface area contributed by atoms with Crippen LogP contribution in [0, 0.1) is 5.92 Å². The lowest BCUT2D eigenvalue weighted by molar-refractivity contribution is -0.126. The summed E-state index contributed by atoms with van der Waals surface area (Å²) in [4.78, 5) is 14.7. The summed E-state index contributed by atoms with van der Waals surface area (Å²) in [6, 6.07) is 0. The third-order valence-corrected chi connectivity index (χ3v) is 5.88. The molecule has 1 atom stereocenters. The van der Waals surface area contributed by atoms with E-state index in [0.29, 0.717) is 19.6 Å². The van der Waals surface area contributed by atoms with Gasteiger partial charge in [-0.25, -0.2) is 12.7 Å². The topological polar surface area (TPSA) is 69.7 Å². The van der Waals surface area contributed by atoms with Crippen LogP contribution in [0.3, 0.4) is 0 Å². The van der Waals surface area contributed by atoms with Crippen LogP contribution < -0.4 is 5.32 Å². The minimum absolute atomic E-state index is 0.00529. The average molecular weight is 362 g/mol. The van der Waals surface area contributed by atoms with Crippen LogP contribution in [0.2, 0.25) is 0 Å². The smallest absolute Gasteiger partial charge is 0.224 e. The van der Waals surface area contributed by atoms with Gasteiger partial charge in [-0.2, -0.15) is 0 Å². The standard InChI is InChI=1S/C17H35N3O3S/c1-4-6-11-19(12-7-5-2)14-10-18-17(21)16-9-8-13-20(15-16)24(3,22)23/h16H,4-15H2,1-3H3,(H,18,21)/t16-/m0/s1. The zero-order valence-corrected chi connectivity index (χ0v) is 16.4. The molecular formula is C17H35N3O3S. The molecule has 1 N–H and O–H groups in total. The molecule has 24 heavy (non-hydrogen) atoms. The number of sulfonamides is 1. The molecule has 1 rings (SSSR count). The van der Waals surface area contributed by atoms with Gasteiger partial charge in [-0.1, -0.05) is 26.7 Å². The van der Waals surface area contributed by atoms with Crippen LogP contribution >= 0.6 is 0 Å². The van der Waals surface area contributed by atoms with Gasteiger partial charge in [0, 0.05) is 26.2 Å². The molecule has 7 heteroatoms. The van der Waals surface area contributed by atoms with E-state index in [-0.39, 0.29) is 11.8 Å². The van der Waals surface area contributed by atoms with E-state index in [1.54, 1.807) is 0 Å². The maximum atomic E-state index is 12.3. The molecule has 0 radical (unpaired) electrons. The SMILES string of the molecule is CCCCN(CCCC)CCNC(=O)[C@H]1CCCN(S(C)(=O)=O)C1. The van der Waals surface area contributed by atoms with Crippen molar-refractivity contribution >= 4 is 15.9 Å². The van der Waals surface area contributed by atoms with Crippen molar-refractivity contribution in [2.45, 2.75) is 52.4 Å². The van der Waals surface area contributed by atoms with Crippen molar-refractivity contribution in [1.82, 2.24) is 14.5 Å². The van der Waals surface area contributed by atoms with Gasteiger partial charge in [0.2, 0.25) is 15.9 Å². The van der Waals surface area contributed by atoms with Gasteiger partial charge < -0.3 is 10.2 Å². The summed E-state index contributed by atoms with van der Waals surface area (Å²) in [6.07, 6.45) is 7.47. The van der Waals surface area contributed by atoms with E-state index in [1.165, 1.54) is 36.2 Å². The Balaban J connectivity index is 2.38. The van der Waals surface area contributed by atoms with E-state index in [2.05, 4.69) is 24.1 Å². The first-order valence-electron chi connectivity index (χ1n) is 9.33. The highest BCUT2D eigenvalue weighted by Crippen LogP contribution is 2.18. The molecule has 6 nitrogen and oxygen atoms in total. The Kier molecular flexibility index (Phi) is 9.85. The van der Waals surface area contributed by atoms with Crippen LogP contribution in [0.4, 0.5) is 0 Å². The highest BCUT2D eigenvalue weighted by Gasteiger charge is 2.29. The number of hydrogen-bond acceptors (Lipinski definition) is 4. The summed E-state index contributed by atoms with van der Waals surface area (Å²) in [7, 11) is -3.20. The van der Waals surface area contributed by atoms with Crippen molar-refractivity contribution in [3.05, 3.63) is 0 Å². The molecule has 0 unspecified atom stereocenters. The van der Waals surface area contributed by atoms with Gasteiger partial charge in [0.15, 0.2) is 0 Å². The van der Waals surface area contributed by atoms with Crippen LogP contribution in [0.1, 0.15) is 52.4 Å². The molecule has 0 aliphatic carbocycles. The fourth-order valence-corrected chi connectivity index (χ4v) is 3.95. The van der Waals surface area contributed by atoms with Crippen LogP contribution in [-0.4, -0.2) is 69.1 Å². The Morgan fingerprint density at radius 1 is 1.17 bits per heavy atom. The Hall–Kier alpha value is -0.660. The molecule has 0 aromatic rings. The van der Waals surface area contributed by atoms with Crippen LogP contribution in [0.5, 0.6) is 0 Å². The monoisotopic (exact) mass is 361 g/mol. The maximum Gasteiger partial charge on any atom is 0.224 e. The molecule has 0 aromatic carbocycles. The Labute approximate surface area is 148 Å². The van der Waals surface area contributed by atoms with Crippen molar-refractivity contribution in [1.29, 1.82) is 0 Å². The van der Waals surface area contributed by atoms with Gasteiger partial charge >= 0.3 is 0 Å². The Bertz CT molecular complexity index is 460. The molecule has 1 saturated heterocycles. The number of carbonyl (C=O) groups excluding carboxylic acids is 1. The maximum absolute atomic E-state index is 12.3. The number of amides is 1. The first-order chi connectivity index (χ1) is 11.4. The van der Waals surface area contributed by atoms with Crippen LogP contribution in [-0.2, 0) is 14.8 Å². The molecule has 0 spiro atoms. The molecule has 0 saturated carbocycles. The lowest BCUT2D eigenvalue weighted by Gasteiger charge is -2.30. The predicted octanol–water partition coefficient (Wildman–Crippen LogP) is 1.68. The molecule has 1 fully saturated rings. The number of piperidine rings is 1. The minimum Gasteiger partial charge on any atom is -0.355 e. The fourth-order valence-electron chi connectivity index (χ4n) is 3.04. The molecule has 1 amide bonds. The molecular weight excluding hydrogens is 326 g/mol. The van der Waals surface area contributed by atoms with Crippen molar-refractivity contribution in [2.24, 2.45) is 5.92 Å². The van der Waals surface area contributed by atoms with E-state index < -0.39 is 10.0 Å². The fraction of sp³-hybridized carbons (Fsp3) is 0.941. The third kappa shape index (κ3) is 7.94. The Morgan fingerprint density at radius 3 is 2.33 bits per heavy atom. The molecule has 0 aromatic heterocycles. The molecule has 1 aliphatic rings. The zero-order chi connectivity index (χ0) is 18.0. The summed E-state index contributed by atoms with van der Waals surface area (Å²) in [5.74, 6) is -0.220. The van der Waals surface area contributed by atoms with Gasteiger partial charge in [-0.3, -0.25) is 4.79 Å². The number of nitrogens with one attached hydrogen (secondary N) is 1. The second kappa shape index (κ2) is 11.1. The van der Waals surface area contributed by atoms with E-state index >= 15 is 0 Å². The van der Waals surface area contributed by atoms with Gasteiger partial charge in [-0.05, 0) is 38.8 Å². The lowest BCUT2D eigenvalue weighted by atomic mass is 9.99. The first-order valence-corrected chi connectivity index (χ1v) is 11.2. The number of rotatable bonds is 11. The van der Waals surface area contributed by atoms with Crippen molar-refractivity contribution in [3.63, 3.8) is 0 Å². The molecule has 0 bridgehead atoms. The number of carbonyl (C=O) groups is 1. The number of nitrogens with zero attached hydrogens (tertiary/aromatic N) is 2. The summed E-state index contributed by atoms with van der Waals surface area (Å²) < 4.78 is 24.7. The Morgan fingerprint density at radius 2 is 1.79 bits per heavy atom. The minimum atomic E-state index is -3.20. The van der Waals surface area contributed by atoms with Crippen molar-refractivity contribution < 1.29 is 13.2 Å². The molecule has 1 aliphatic heterocycles. The van der Waals surface area contributed by atoms with Crippen LogP contribution in [0.15, 0.2) is 0 Å². The summed E-state index contributed by atoms with van der Waals surface area (Å²) in [6.45, 7) is 8.91. The van der Waals surface area contributed by atoms with E-state index in [9.17, 15) is 13.2 Å². The third-order valence-electron chi connectivity index (χ3n) is 4.61. The molecule has 1 heterocycles. The van der Waals surface area contributed by atoms with Crippen molar-refractivity contribution in [2.75, 3.05) is 45.5 Å². The van der Waals surface area contributed by atoms with Gasteiger partial charge in [-0.15, -0.1) is 0 Å². The quantitative estimate of drug-likeness (QED) is 0.608. The normalized spacial score (nSPS) is 19.6. The summed E-state index contributed by atoms with van der Waals surface area (Å²) >= 11 is 0. The largest absolute Gasteiger partial charge is 0.355 e. The highest BCUT2D eigenvalue weighted by atomic mass is 32.2. The number of hydrogen-bond donors (Lipinski definition) is 1. The average Bonchev–Trinajstić information content (AvgIpc) is 2.56. The predicted molar refractivity (Wildman–Crippen MR) is 98.4 cm³/mol. The van der Waals surface area contributed by atoms with Gasteiger partial charge in [0.05, 0.1) is 12.2 Å². The van der Waals surface area contributed by atoms with Gasteiger partial charge in [0.1, 0.15) is 0 Å². The number of unbranched alkanes of at least 4 members (excludes halogenated alkanes) is 2. The summed E-state index contributed by atoms with van der Waals surface area (Å²) in [5, 5.41) is 3.01.